The van der Waals surface area contributed by atoms with Gasteiger partial charge in [0, 0.05) is 13.1 Å². The molecular formula is C14H16N4O2. The van der Waals surface area contributed by atoms with Gasteiger partial charge in [-0.25, -0.2) is 9.97 Å². The molecule has 1 aliphatic heterocycles. The molecule has 0 aromatic carbocycles. The van der Waals surface area contributed by atoms with Crippen LogP contribution < -0.4 is 10.2 Å². The normalized spacial score (nSPS) is 14.5. The Kier molecular flexibility index (Phi) is 3.62. The van der Waals surface area contributed by atoms with Crippen LogP contribution in [0.15, 0.2) is 35.2 Å². The molecule has 1 amide bonds. The van der Waals surface area contributed by atoms with Crippen molar-refractivity contribution in [3.63, 3.8) is 0 Å². The zero-order chi connectivity index (χ0) is 13.8. The summed E-state index contributed by atoms with van der Waals surface area (Å²) in [7, 11) is 0. The summed E-state index contributed by atoms with van der Waals surface area (Å²) in [5.41, 5.74) is 0.319. The first-order valence-electron chi connectivity index (χ1n) is 6.70. The van der Waals surface area contributed by atoms with Gasteiger partial charge in [-0.3, -0.25) is 4.79 Å². The molecule has 0 atom stereocenters. The SMILES string of the molecule is O=C(NCc1ccco1)c1cnc(N2CCCC2)cn1. The van der Waals surface area contributed by atoms with Crippen molar-refractivity contribution in [1.29, 1.82) is 0 Å². The Labute approximate surface area is 116 Å². The number of hydrogen-bond acceptors (Lipinski definition) is 5. The summed E-state index contributed by atoms with van der Waals surface area (Å²) in [5.74, 6) is 1.30. The minimum atomic E-state index is -0.248. The largest absolute Gasteiger partial charge is 0.467 e. The fraction of sp³-hybridized carbons (Fsp3) is 0.357. The van der Waals surface area contributed by atoms with Gasteiger partial charge >= 0.3 is 0 Å². The molecule has 1 aliphatic rings. The summed E-state index contributed by atoms with van der Waals surface area (Å²) in [6.07, 6.45) is 7.13. The van der Waals surface area contributed by atoms with Crippen molar-refractivity contribution in [2.75, 3.05) is 18.0 Å². The van der Waals surface area contributed by atoms with Gasteiger partial charge in [0.15, 0.2) is 0 Å². The van der Waals surface area contributed by atoms with Crippen molar-refractivity contribution in [3.05, 3.63) is 42.2 Å². The molecule has 3 heterocycles. The zero-order valence-corrected chi connectivity index (χ0v) is 11.1. The molecule has 3 rings (SSSR count). The van der Waals surface area contributed by atoms with Gasteiger partial charge in [0.25, 0.3) is 5.91 Å². The van der Waals surface area contributed by atoms with Crippen molar-refractivity contribution < 1.29 is 9.21 Å². The maximum Gasteiger partial charge on any atom is 0.271 e. The first-order chi connectivity index (χ1) is 9.83. The van der Waals surface area contributed by atoms with Crippen molar-refractivity contribution >= 4 is 11.7 Å². The highest BCUT2D eigenvalue weighted by molar-refractivity contribution is 5.91. The maximum absolute atomic E-state index is 11.9. The van der Waals surface area contributed by atoms with Crippen LogP contribution in [0.5, 0.6) is 0 Å². The molecule has 2 aromatic heterocycles. The smallest absolute Gasteiger partial charge is 0.271 e. The fourth-order valence-electron chi connectivity index (χ4n) is 2.22. The van der Waals surface area contributed by atoms with Gasteiger partial charge in [0.05, 0.1) is 25.2 Å². The minimum Gasteiger partial charge on any atom is -0.467 e. The van der Waals surface area contributed by atoms with Crippen LogP contribution in [0, 0.1) is 0 Å². The lowest BCUT2D eigenvalue weighted by Gasteiger charge is -2.15. The highest BCUT2D eigenvalue weighted by Gasteiger charge is 2.15. The molecule has 6 heteroatoms. The number of aromatic nitrogens is 2. The topological polar surface area (TPSA) is 71.3 Å². The van der Waals surface area contributed by atoms with E-state index in [0.717, 1.165) is 18.9 Å². The molecule has 104 valence electrons. The van der Waals surface area contributed by atoms with Gasteiger partial charge < -0.3 is 14.6 Å². The van der Waals surface area contributed by atoms with E-state index in [2.05, 4.69) is 20.2 Å². The Morgan fingerprint density at radius 2 is 2.15 bits per heavy atom. The Hall–Kier alpha value is -2.37. The average Bonchev–Trinajstić information content (AvgIpc) is 3.18. The molecule has 0 bridgehead atoms. The fourth-order valence-corrected chi connectivity index (χ4v) is 2.22. The Morgan fingerprint density at radius 3 is 2.80 bits per heavy atom. The van der Waals surface area contributed by atoms with E-state index in [0.29, 0.717) is 18.0 Å². The van der Waals surface area contributed by atoms with E-state index in [9.17, 15) is 4.79 Å². The first kappa shape index (κ1) is 12.7. The summed E-state index contributed by atoms with van der Waals surface area (Å²) in [4.78, 5) is 22.6. The summed E-state index contributed by atoms with van der Waals surface area (Å²) in [6, 6.07) is 3.59. The van der Waals surface area contributed by atoms with E-state index in [1.54, 1.807) is 18.5 Å². The third-order valence-corrected chi connectivity index (χ3v) is 3.30. The van der Waals surface area contributed by atoms with Crippen molar-refractivity contribution in [3.8, 4) is 0 Å². The van der Waals surface area contributed by atoms with Crippen molar-refractivity contribution in [2.24, 2.45) is 0 Å². The minimum absolute atomic E-state index is 0.248. The quantitative estimate of drug-likeness (QED) is 0.915. The van der Waals surface area contributed by atoms with E-state index >= 15 is 0 Å². The predicted octanol–water partition coefficient (Wildman–Crippen LogP) is 1.60. The van der Waals surface area contributed by atoms with E-state index < -0.39 is 0 Å². The average molecular weight is 272 g/mol. The zero-order valence-electron chi connectivity index (χ0n) is 11.1. The van der Waals surface area contributed by atoms with Gasteiger partial charge in [0.1, 0.15) is 17.3 Å². The lowest BCUT2D eigenvalue weighted by molar-refractivity contribution is 0.0942. The van der Waals surface area contributed by atoms with Crippen LogP contribution in [0.4, 0.5) is 5.82 Å². The number of hydrogen-bond donors (Lipinski definition) is 1. The van der Waals surface area contributed by atoms with Gasteiger partial charge in [-0.15, -0.1) is 0 Å². The number of anilines is 1. The number of nitrogens with one attached hydrogen (secondary N) is 1. The van der Waals surface area contributed by atoms with Crippen LogP contribution in [-0.2, 0) is 6.54 Å². The molecule has 0 saturated carbocycles. The monoisotopic (exact) mass is 272 g/mol. The molecule has 0 unspecified atom stereocenters. The molecule has 1 fully saturated rings. The number of nitrogens with zero attached hydrogens (tertiary/aromatic N) is 3. The molecular weight excluding hydrogens is 256 g/mol. The third-order valence-electron chi connectivity index (χ3n) is 3.30. The second-order valence-electron chi connectivity index (χ2n) is 4.72. The lowest BCUT2D eigenvalue weighted by Crippen LogP contribution is -2.25. The molecule has 6 nitrogen and oxygen atoms in total. The highest BCUT2D eigenvalue weighted by Crippen LogP contribution is 2.16. The van der Waals surface area contributed by atoms with Crippen LogP contribution >= 0.6 is 0 Å². The Morgan fingerprint density at radius 1 is 1.30 bits per heavy atom. The van der Waals surface area contributed by atoms with Crippen LogP contribution in [0.2, 0.25) is 0 Å². The second kappa shape index (κ2) is 5.73. The Bertz CT molecular complexity index is 559. The van der Waals surface area contributed by atoms with E-state index in [-0.39, 0.29) is 5.91 Å². The number of rotatable bonds is 4. The second-order valence-corrected chi connectivity index (χ2v) is 4.72. The third kappa shape index (κ3) is 2.79. The maximum atomic E-state index is 11.9. The lowest BCUT2D eigenvalue weighted by atomic mass is 10.4. The molecule has 0 aliphatic carbocycles. The van der Waals surface area contributed by atoms with E-state index in [1.165, 1.54) is 19.0 Å². The Balaban J connectivity index is 1.60. The molecule has 2 aromatic rings. The summed E-state index contributed by atoms with van der Waals surface area (Å²) in [5, 5.41) is 2.74. The molecule has 0 spiro atoms. The number of furan rings is 1. The van der Waals surface area contributed by atoms with Gasteiger partial charge in [-0.05, 0) is 25.0 Å². The van der Waals surface area contributed by atoms with Crippen LogP contribution in [0.25, 0.3) is 0 Å². The molecule has 20 heavy (non-hydrogen) atoms. The first-order valence-corrected chi connectivity index (χ1v) is 6.70. The molecule has 0 radical (unpaired) electrons. The summed E-state index contributed by atoms with van der Waals surface area (Å²) < 4.78 is 5.15. The van der Waals surface area contributed by atoms with Gasteiger partial charge in [-0.2, -0.15) is 0 Å². The van der Waals surface area contributed by atoms with Crippen LogP contribution in [0.1, 0.15) is 29.1 Å². The standard InChI is InChI=1S/C14H16N4O2/c19-14(17-8-11-4-3-7-20-11)12-9-16-13(10-15-12)18-5-1-2-6-18/h3-4,7,9-10H,1-2,5-6,8H2,(H,17,19). The van der Waals surface area contributed by atoms with Gasteiger partial charge in [0.2, 0.25) is 0 Å². The predicted molar refractivity (Wildman–Crippen MR) is 73.4 cm³/mol. The number of carbonyl (C=O) groups is 1. The highest BCUT2D eigenvalue weighted by atomic mass is 16.3. The molecule has 1 N–H and O–H groups in total. The summed E-state index contributed by atoms with van der Waals surface area (Å²) >= 11 is 0. The van der Waals surface area contributed by atoms with E-state index in [4.69, 9.17) is 4.42 Å². The van der Waals surface area contributed by atoms with Crippen molar-refractivity contribution in [2.45, 2.75) is 19.4 Å². The number of carbonyl (C=O) groups excluding carboxylic acids is 1. The molecule has 1 saturated heterocycles. The summed E-state index contributed by atoms with van der Waals surface area (Å²) in [6.45, 7) is 2.37. The van der Waals surface area contributed by atoms with Gasteiger partial charge in [-0.1, -0.05) is 0 Å². The van der Waals surface area contributed by atoms with E-state index in [1.807, 2.05) is 6.07 Å². The van der Waals surface area contributed by atoms with Crippen LogP contribution in [-0.4, -0.2) is 29.0 Å². The van der Waals surface area contributed by atoms with Crippen molar-refractivity contribution in [1.82, 2.24) is 15.3 Å². The number of amides is 1. The van der Waals surface area contributed by atoms with Crippen LogP contribution in [0.3, 0.4) is 0 Å².